The van der Waals surface area contributed by atoms with E-state index in [0.29, 0.717) is 12.0 Å². The van der Waals surface area contributed by atoms with Crippen LogP contribution in [0.3, 0.4) is 0 Å². The van der Waals surface area contributed by atoms with Crippen LogP contribution in [0.15, 0.2) is 4.99 Å². The largest absolute Gasteiger partial charge is 0.443 e. The molecule has 17 heavy (non-hydrogen) atoms. The fraction of sp³-hybridized carbons (Fsp3) is 0.846. The molecule has 0 radical (unpaired) electrons. The monoisotopic (exact) mass is 236 g/mol. The van der Waals surface area contributed by atoms with Crippen LogP contribution in [0.4, 0.5) is 0 Å². The minimum absolute atomic E-state index is 0.634. The first-order valence-corrected chi connectivity index (χ1v) is 6.23. The molecule has 2 aliphatic carbocycles. The average molecular weight is 236 g/mol. The van der Waals surface area contributed by atoms with Crippen molar-refractivity contribution in [3.8, 4) is 6.26 Å². The maximum absolute atomic E-state index is 9.90. The summed E-state index contributed by atoms with van der Waals surface area (Å²) >= 11 is 0. The van der Waals surface area contributed by atoms with E-state index in [1.165, 1.54) is 32.1 Å². The first-order valence-electron chi connectivity index (χ1n) is 6.23. The van der Waals surface area contributed by atoms with Crippen LogP contribution in [0.5, 0.6) is 0 Å². The van der Waals surface area contributed by atoms with E-state index in [0.717, 1.165) is 24.5 Å². The standard InChI is InChI=1S/C12H19NO.CHNO/c1-12-5-4-10(8-12)7-11(12)3-2-6-13-9-14;2-1-3/h10-11H,2-8H2,1H3;3H. The quantitative estimate of drug-likeness (QED) is 0.353. The van der Waals surface area contributed by atoms with E-state index in [-0.39, 0.29) is 0 Å². The highest BCUT2D eigenvalue weighted by atomic mass is 16.2. The number of rotatable bonds is 4. The number of hydrogen-bond donors (Lipinski definition) is 1. The van der Waals surface area contributed by atoms with Gasteiger partial charge in [-0.1, -0.05) is 6.92 Å². The lowest BCUT2D eigenvalue weighted by Gasteiger charge is -2.31. The molecule has 0 aromatic heterocycles. The highest BCUT2D eigenvalue weighted by Gasteiger charge is 2.47. The minimum Gasteiger partial charge on any atom is -0.443 e. The number of carbonyl (C=O) groups excluding carboxylic acids is 1. The number of aliphatic hydroxyl groups is 1. The van der Waals surface area contributed by atoms with Crippen molar-refractivity contribution >= 4 is 6.08 Å². The third-order valence-electron chi connectivity index (χ3n) is 4.37. The Labute approximate surface area is 102 Å². The van der Waals surface area contributed by atoms with Crippen LogP contribution in [0.25, 0.3) is 0 Å². The van der Waals surface area contributed by atoms with E-state index in [1.54, 1.807) is 6.08 Å². The summed E-state index contributed by atoms with van der Waals surface area (Å²) < 4.78 is 0. The molecule has 0 aliphatic heterocycles. The molecule has 94 valence electrons. The van der Waals surface area contributed by atoms with Crippen LogP contribution in [-0.2, 0) is 4.79 Å². The SMILES string of the molecule is CC12CCC(CC1CCCN=C=O)C2.N#CO. The molecule has 4 heteroatoms. The molecule has 4 nitrogen and oxygen atoms in total. The van der Waals surface area contributed by atoms with Crippen molar-refractivity contribution in [3.05, 3.63) is 0 Å². The van der Waals surface area contributed by atoms with E-state index < -0.39 is 0 Å². The van der Waals surface area contributed by atoms with Crippen molar-refractivity contribution in [1.29, 1.82) is 5.26 Å². The topological polar surface area (TPSA) is 73.5 Å². The minimum atomic E-state index is 0.634. The van der Waals surface area contributed by atoms with E-state index in [4.69, 9.17) is 10.4 Å². The van der Waals surface area contributed by atoms with Gasteiger partial charge in [0.15, 0.2) is 0 Å². The first-order chi connectivity index (χ1) is 8.16. The number of aliphatic imine (C=N–C) groups is 1. The molecular weight excluding hydrogens is 216 g/mol. The molecule has 0 heterocycles. The van der Waals surface area contributed by atoms with Crippen LogP contribution >= 0.6 is 0 Å². The molecule has 0 saturated heterocycles. The number of aliphatic hydroxyl groups excluding tert-OH is 1. The average Bonchev–Trinajstić information content (AvgIpc) is 2.81. The Morgan fingerprint density at radius 2 is 2.29 bits per heavy atom. The summed E-state index contributed by atoms with van der Waals surface area (Å²) in [4.78, 5) is 13.5. The summed E-state index contributed by atoms with van der Waals surface area (Å²) in [6, 6.07) is 0. The molecule has 3 unspecified atom stereocenters. The lowest BCUT2D eigenvalue weighted by atomic mass is 9.74. The number of fused-ring (bicyclic) bond motifs is 2. The summed E-state index contributed by atoms with van der Waals surface area (Å²) in [5, 5.41) is 13.8. The predicted octanol–water partition coefficient (Wildman–Crippen LogP) is 2.77. The Bertz CT molecular complexity index is 331. The lowest BCUT2D eigenvalue weighted by molar-refractivity contribution is 0.196. The van der Waals surface area contributed by atoms with Gasteiger partial charge in [-0.15, -0.1) is 0 Å². The smallest absolute Gasteiger partial charge is 0.283 e. The van der Waals surface area contributed by atoms with Crippen LogP contribution in [0.2, 0.25) is 0 Å². The molecule has 2 fully saturated rings. The molecule has 2 bridgehead atoms. The third-order valence-corrected chi connectivity index (χ3v) is 4.37. The molecule has 0 spiro atoms. The number of nitrogens with zero attached hydrogens (tertiary/aromatic N) is 2. The van der Waals surface area contributed by atoms with Crippen molar-refractivity contribution in [1.82, 2.24) is 0 Å². The molecule has 2 aliphatic rings. The van der Waals surface area contributed by atoms with Crippen molar-refractivity contribution in [2.45, 2.75) is 45.4 Å². The van der Waals surface area contributed by atoms with E-state index in [2.05, 4.69) is 11.9 Å². The van der Waals surface area contributed by atoms with Gasteiger partial charge in [0.25, 0.3) is 6.26 Å². The predicted molar refractivity (Wildman–Crippen MR) is 63.3 cm³/mol. The zero-order chi connectivity index (χ0) is 12.7. The van der Waals surface area contributed by atoms with Gasteiger partial charge in [-0.2, -0.15) is 5.26 Å². The number of hydrogen-bond acceptors (Lipinski definition) is 4. The highest BCUT2D eigenvalue weighted by Crippen LogP contribution is 2.58. The molecule has 2 rings (SSSR count). The van der Waals surface area contributed by atoms with Gasteiger partial charge in [-0.05, 0) is 55.8 Å². The Hall–Kier alpha value is -1.33. The second-order valence-corrected chi connectivity index (χ2v) is 5.41. The summed E-state index contributed by atoms with van der Waals surface area (Å²) in [6.45, 7) is 3.13. The summed E-state index contributed by atoms with van der Waals surface area (Å²) in [5.74, 6) is 1.92. The fourth-order valence-corrected chi connectivity index (χ4v) is 3.59. The zero-order valence-electron chi connectivity index (χ0n) is 10.4. The van der Waals surface area contributed by atoms with Crippen molar-refractivity contribution in [2.24, 2.45) is 22.2 Å². The Kier molecular flexibility index (Phi) is 5.18. The molecule has 0 amide bonds. The van der Waals surface area contributed by atoms with E-state index in [1.807, 2.05) is 0 Å². The number of isocyanates is 1. The Morgan fingerprint density at radius 3 is 2.76 bits per heavy atom. The second kappa shape index (κ2) is 6.42. The lowest BCUT2D eigenvalue weighted by Crippen LogP contribution is -2.21. The molecule has 3 atom stereocenters. The summed E-state index contributed by atoms with van der Waals surface area (Å²) in [5.41, 5.74) is 0.634. The summed E-state index contributed by atoms with van der Waals surface area (Å²) in [6.07, 6.45) is 10.5. The van der Waals surface area contributed by atoms with Gasteiger partial charge in [0.1, 0.15) is 0 Å². The normalized spacial score (nSPS) is 33.2. The highest BCUT2D eigenvalue weighted by molar-refractivity contribution is 5.32. The maximum atomic E-state index is 9.90. The van der Waals surface area contributed by atoms with Gasteiger partial charge in [0, 0.05) is 0 Å². The Balaban J connectivity index is 0.000000437. The van der Waals surface area contributed by atoms with Crippen molar-refractivity contribution < 1.29 is 9.90 Å². The zero-order valence-corrected chi connectivity index (χ0v) is 10.4. The van der Waals surface area contributed by atoms with Gasteiger partial charge in [0.05, 0.1) is 6.54 Å². The molecule has 0 aromatic carbocycles. The second-order valence-electron chi connectivity index (χ2n) is 5.41. The fourth-order valence-electron chi connectivity index (χ4n) is 3.59. The van der Waals surface area contributed by atoms with Crippen molar-refractivity contribution in [3.63, 3.8) is 0 Å². The first kappa shape index (κ1) is 13.7. The van der Waals surface area contributed by atoms with E-state index >= 15 is 0 Å². The van der Waals surface area contributed by atoms with E-state index in [9.17, 15) is 4.79 Å². The Morgan fingerprint density at radius 1 is 1.59 bits per heavy atom. The van der Waals surface area contributed by atoms with Gasteiger partial charge in [-0.25, -0.2) is 9.79 Å². The summed E-state index contributed by atoms with van der Waals surface area (Å²) in [7, 11) is 0. The van der Waals surface area contributed by atoms with Crippen LogP contribution in [-0.4, -0.2) is 17.7 Å². The van der Waals surface area contributed by atoms with Gasteiger partial charge in [-0.3, -0.25) is 0 Å². The van der Waals surface area contributed by atoms with Crippen molar-refractivity contribution in [2.75, 3.05) is 6.54 Å². The van der Waals surface area contributed by atoms with Gasteiger partial charge >= 0.3 is 0 Å². The molecular formula is C13H20N2O2. The van der Waals surface area contributed by atoms with Crippen LogP contribution in [0, 0.1) is 28.8 Å². The number of nitriles is 1. The molecule has 1 N–H and O–H groups in total. The maximum Gasteiger partial charge on any atom is 0.283 e. The van der Waals surface area contributed by atoms with Gasteiger partial charge in [0.2, 0.25) is 6.08 Å². The van der Waals surface area contributed by atoms with Crippen LogP contribution in [0.1, 0.15) is 45.4 Å². The molecule has 2 saturated carbocycles. The van der Waals surface area contributed by atoms with Gasteiger partial charge < -0.3 is 5.11 Å². The van der Waals surface area contributed by atoms with Crippen LogP contribution < -0.4 is 0 Å². The molecule has 0 aromatic rings. The third kappa shape index (κ3) is 3.57.